The first-order valence-corrected chi connectivity index (χ1v) is 13.6. The minimum Gasteiger partial charge on any atom is -0.457 e. The van der Waals surface area contributed by atoms with E-state index >= 15 is 4.39 Å². The number of nitrogens with zero attached hydrogens (tertiary/aromatic N) is 6. The molecule has 3 aliphatic rings. The van der Waals surface area contributed by atoms with Gasteiger partial charge in [-0.2, -0.15) is 0 Å². The summed E-state index contributed by atoms with van der Waals surface area (Å²) in [6, 6.07) is 13.3. The van der Waals surface area contributed by atoms with Crippen molar-refractivity contribution in [2.24, 2.45) is 7.05 Å². The minimum atomic E-state index is -0.441. The quantitative estimate of drug-likeness (QED) is 0.262. The zero-order valence-corrected chi connectivity index (χ0v) is 22.7. The van der Waals surface area contributed by atoms with Crippen molar-refractivity contribution in [3.8, 4) is 11.5 Å². The van der Waals surface area contributed by atoms with Crippen LogP contribution in [-0.2, 0) is 11.8 Å². The highest BCUT2D eigenvalue weighted by molar-refractivity contribution is 5.89. The molecule has 0 radical (unpaired) electrons. The molecule has 9 nitrogen and oxygen atoms in total. The molecule has 41 heavy (non-hydrogen) atoms. The summed E-state index contributed by atoms with van der Waals surface area (Å²) >= 11 is 0. The van der Waals surface area contributed by atoms with Crippen molar-refractivity contribution in [2.45, 2.75) is 44.2 Å². The van der Waals surface area contributed by atoms with E-state index in [2.05, 4.69) is 26.8 Å². The second kappa shape index (κ2) is 9.65. The lowest BCUT2D eigenvalue weighted by atomic mass is 9.72. The number of aromatic nitrogens is 5. The molecule has 5 aromatic rings. The van der Waals surface area contributed by atoms with Crippen molar-refractivity contribution < 1.29 is 13.9 Å². The van der Waals surface area contributed by atoms with Crippen LogP contribution in [0.4, 0.5) is 15.9 Å². The maximum absolute atomic E-state index is 15.6. The minimum absolute atomic E-state index is 0.000864. The van der Waals surface area contributed by atoms with Gasteiger partial charge in [0, 0.05) is 42.4 Å². The average molecular weight is 550 g/mol. The molecule has 0 spiro atoms. The van der Waals surface area contributed by atoms with Gasteiger partial charge in [-0.05, 0) is 68.7 Å². The summed E-state index contributed by atoms with van der Waals surface area (Å²) < 4.78 is 23.5. The largest absolute Gasteiger partial charge is 0.457 e. The van der Waals surface area contributed by atoms with Gasteiger partial charge < -0.3 is 19.5 Å². The fraction of sp³-hybridized carbons (Fsp3) is 0.258. The summed E-state index contributed by atoms with van der Waals surface area (Å²) in [6.07, 6.45) is 7.31. The number of halogens is 1. The first-order chi connectivity index (χ1) is 19.9. The number of ether oxygens (including phenoxy) is 1. The first-order valence-electron chi connectivity index (χ1n) is 13.6. The molecule has 3 aromatic heterocycles. The topological polar surface area (TPSA) is 98.1 Å². The van der Waals surface area contributed by atoms with E-state index in [1.807, 2.05) is 46.8 Å². The molecule has 1 amide bonds. The van der Waals surface area contributed by atoms with Crippen molar-refractivity contribution in [1.82, 2.24) is 29.4 Å². The molecule has 2 aliphatic heterocycles. The van der Waals surface area contributed by atoms with Gasteiger partial charge in [0.1, 0.15) is 23.3 Å². The van der Waals surface area contributed by atoms with Crippen molar-refractivity contribution in [3.05, 3.63) is 84.8 Å². The molecule has 3 fully saturated rings. The van der Waals surface area contributed by atoms with Gasteiger partial charge in [0.05, 0.1) is 28.6 Å². The van der Waals surface area contributed by atoms with Crippen LogP contribution in [0.25, 0.3) is 22.1 Å². The number of aryl methyl sites for hydroxylation is 1. The van der Waals surface area contributed by atoms with Crippen LogP contribution < -0.4 is 10.1 Å². The van der Waals surface area contributed by atoms with Gasteiger partial charge in [-0.15, -0.1) is 0 Å². The first kappa shape index (κ1) is 25.1. The Balaban J connectivity index is 1.13. The summed E-state index contributed by atoms with van der Waals surface area (Å²) in [4.78, 5) is 32.2. The van der Waals surface area contributed by atoms with Crippen LogP contribution >= 0.6 is 0 Å². The van der Waals surface area contributed by atoms with E-state index in [9.17, 15) is 4.79 Å². The standard InChI is InChI=1S/C31H28FN7O2/c1-4-28(40)39-19-11-18(12-20(39)13-19)22-6-7-24-30(36-22)31(34-15-33-24)37-23-8-10-27(17(2)29(23)32)41-21-5-9-26-25(14-21)35-16-38(26)3/h4-10,14-16,18-20H,1,11-13H2,2-3H3,(H,33,34,37). The number of piperidine rings is 1. The molecule has 1 N–H and O–H groups in total. The molecule has 206 valence electrons. The Bertz CT molecular complexity index is 1840. The molecule has 5 heterocycles. The van der Waals surface area contributed by atoms with E-state index in [1.165, 1.54) is 12.4 Å². The molecule has 2 atom stereocenters. The predicted octanol–water partition coefficient (Wildman–Crippen LogP) is 5.93. The summed E-state index contributed by atoms with van der Waals surface area (Å²) in [5.41, 5.74) is 4.58. The molecule has 1 aliphatic carbocycles. The Hall–Kier alpha value is -4.86. The van der Waals surface area contributed by atoms with Crippen LogP contribution in [0.3, 0.4) is 0 Å². The zero-order chi connectivity index (χ0) is 28.2. The van der Waals surface area contributed by atoms with Crippen LogP contribution in [0.5, 0.6) is 11.5 Å². The number of nitrogens with one attached hydrogen (secondary N) is 1. The number of hydrogen-bond donors (Lipinski definition) is 1. The summed E-state index contributed by atoms with van der Waals surface area (Å²) in [7, 11) is 1.93. The normalized spacial score (nSPS) is 19.7. The summed E-state index contributed by atoms with van der Waals surface area (Å²) in [6.45, 7) is 5.31. The molecule has 2 bridgehead atoms. The fourth-order valence-electron chi connectivity index (χ4n) is 6.16. The maximum Gasteiger partial charge on any atom is 0.246 e. The van der Waals surface area contributed by atoms with Gasteiger partial charge in [0.2, 0.25) is 5.91 Å². The Morgan fingerprint density at radius 3 is 2.71 bits per heavy atom. The van der Waals surface area contributed by atoms with E-state index in [0.29, 0.717) is 33.9 Å². The van der Waals surface area contributed by atoms with Crippen molar-refractivity contribution in [2.75, 3.05) is 5.32 Å². The smallest absolute Gasteiger partial charge is 0.246 e. The molecule has 8 rings (SSSR count). The summed E-state index contributed by atoms with van der Waals surface area (Å²) in [5.74, 6) is 1.20. The van der Waals surface area contributed by atoms with Gasteiger partial charge in [-0.1, -0.05) is 6.58 Å². The lowest BCUT2D eigenvalue weighted by molar-refractivity contribution is -0.144. The van der Waals surface area contributed by atoms with E-state index in [-0.39, 0.29) is 29.6 Å². The monoisotopic (exact) mass is 549 g/mol. The fourth-order valence-corrected chi connectivity index (χ4v) is 6.16. The SMILES string of the molecule is C=CC(=O)N1C2CC(c3ccc4ncnc(Nc5ccc(Oc6ccc7c(c6)ncn7C)c(C)c5F)c4n3)CC1C2. The number of imidazole rings is 1. The lowest BCUT2D eigenvalue weighted by Gasteiger charge is -2.55. The number of carbonyl (C=O) groups excluding carboxylic acids is 1. The highest BCUT2D eigenvalue weighted by atomic mass is 19.1. The number of hydrogen-bond acceptors (Lipinski definition) is 7. The van der Waals surface area contributed by atoms with Crippen molar-refractivity contribution in [3.63, 3.8) is 0 Å². The van der Waals surface area contributed by atoms with Crippen LogP contribution in [0.15, 0.2) is 67.8 Å². The molecule has 10 heteroatoms. The molecular formula is C31H28FN7O2. The average Bonchev–Trinajstić information content (AvgIpc) is 3.36. The van der Waals surface area contributed by atoms with Crippen LogP contribution in [0.2, 0.25) is 0 Å². The predicted molar refractivity (Wildman–Crippen MR) is 154 cm³/mol. The molecular weight excluding hydrogens is 521 g/mol. The number of anilines is 2. The van der Waals surface area contributed by atoms with E-state index < -0.39 is 5.82 Å². The molecule has 2 aromatic carbocycles. The third kappa shape index (κ3) is 4.26. The number of amides is 1. The number of carbonyl (C=O) groups is 1. The van der Waals surface area contributed by atoms with Gasteiger partial charge in [0.15, 0.2) is 11.6 Å². The van der Waals surface area contributed by atoms with Crippen molar-refractivity contribution in [1.29, 1.82) is 0 Å². The second-order valence-corrected chi connectivity index (χ2v) is 10.8. The third-order valence-electron chi connectivity index (χ3n) is 8.31. The Labute approximate surface area is 235 Å². The van der Waals surface area contributed by atoms with Crippen LogP contribution in [0, 0.1) is 12.7 Å². The van der Waals surface area contributed by atoms with Gasteiger partial charge >= 0.3 is 0 Å². The van der Waals surface area contributed by atoms with Gasteiger partial charge in [0.25, 0.3) is 0 Å². The van der Waals surface area contributed by atoms with Crippen LogP contribution in [-0.4, -0.2) is 47.4 Å². The number of pyridine rings is 1. The Kier molecular flexibility index (Phi) is 5.92. The molecule has 2 saturated heterocycles. The summed E-state index contributed by atoms with van der Waals surface area (Å²) in [5, 5.41) is 3.13. The Morgan fingerprint density at radius 2 is 1.90 bits per heavy atom. The van der Waals surface area contributed by atoms with E-state index in [0.717, 1.165) is 36.0 Å². The lowest BCUT2D eigenvalue weighted by Crippen LogP contribution is -2.62. The second-order valence-electron chi connectivity index (χ2n) is 10.8. The van der Waals surface area contributed by atoms with Crippen LogP contribution in [0.1, 0.15) is 36.4 Å². The third-order valence-corrected chi connectivity index (χ3v) is 8.31. The Morgan fingerprint density at radius 1 is 1.07 bits per heavy atom. The highest BCUT2D eigenvalue weighted by Gasteiger charge is 2.47. The van der Waals surface area contributed by atoms with E-state index in [4.69, 9.17) is 9.72 Å². The van der Waals surface area contributed by atoms with Gasteiger partial charge in [-0.3, -0.25) is 4.79 Å². The van der Waals surface area contributed by atoms with Crippen molar-refractivity contribution >= 4 is 39.5 Å². The maximum atomic E-state index is 15.6. The number of benzene rings is 2. The van der Waals surface area contributed by atoms with E-state index in [1.54, 1.807) is 25.4 Å². The number of fused-ring (bicyclic) bond motifs is 4. The zero-order valence-electron chi connectivity index (χ0n) is 22.7. The molecule has 2 unspecified atom stereocenters. The molecule has 1 saturated carbocycles. The van der Waals surface area contributed by atoms with Gasteiger partial charge in [-0.25, -0.2) is 24.3 Å². The number of rotatable bonds is 6. The highest BCUT2D eigenvalue weighted by Crippen LogP contribution is 2.45.